The van der Waals surface area contributed by atoms with Crippen LogP contribution in [-0.2, 0) is 11.2 Å². The number of benzene rings is 1. The molecule has 1 fully saturated rings. The molecule has 1 aromatic heterocycles. The molecule has 3 nitrogen and oxygen atoms in total. The highest BCUT2D eigenvalue weighted by molar-refractivity contribution is 7.13. The zero-order valence-electron chi connectivity index (χ0n) is 14.2. The molecule has 4 heteroatoms. The van der Waals surface area contributed by atoms with Gasteiger partial charge in [0.1, 0.15) is 5.01 Å². The lowest BCUT2D eigenvalue weighted by molar-refractivity contribution is -0.120. The van der Waals surface area contributed by atoms with E-state index in [9.17, 15) is 4.79 Å². The summed E-state index contributed by atoms with van der Waals surface area (Å²) in [6.45, 7) is 0.828. The Hall–Kier alpha value is -1.68. The van der Waals surface area contributed by atoms with Crippen molar-refractivity contribution in [3.05, 3.63) is 41.4 Å². The lowest BCUT2D eigenvalue weighted by atomic mass is 9.91. The van der Waals surface area contributed by atoms with Crippen LogP contribution in [0.4, 0.5) is 0 Å². The number of nitrogens with one attached hydrogen (secondary N) is 1. The first-order valence-corrected chi connectivity index (χ1v) is 9.96. The van der Waals surface area contributed by atoms with Gasteiger partial charge < -0.3 is 5.32 Å². The van der Waals surface area contributed by atoms with E-state index in [1.165, 1.54) is 44.9 Å². The molecule has 1 saturated carbocycles. The number of carbonyl (C=O) groups is 1. The van der Waals surface area contributed by atoms with Gasteiger partial charge in [-0.25, -0.2) is 4.98 Å². The first kappa shape index (κ1) is 17.2. The maximum atomic E-state index is 12.2. The third-order valence-corrected chi connectivity index (χ3v) is 5.67. The lowest BCUT2D eigenvalue weighted by Crippen LogP contribution is -2.30. The van der Waals surface area contributed by atoms with Gasteiger partial charge in [-0.1, -0.05) is 62.4 Å². The fourth-order valence-corrected chi connectivity index (χ4v) is 4.16. The van der Waals surface area contributed by atoms with Gasteiger partial charge in [-0.2, -0.15) is 0 Å². The molecular weight excluding hydrogens is 316 g/mol. The Morgan fingerprint density at radius 3 is 2.54 bits per heavy atom. The largest absolute Gasteiger partial charge is 0.355 e. The topological polar surface area (TPSA) is 42.0 Å². The summed E-state index contributed by atoms with van der Waals surface area (Å²) in [5.41, 5.74) is 1.98. The van der Waals surface area contributed by atoms with Crippen molar-refractivity contribution in [2.24, 2.45) is 5.92 Å². The standard InChI is InChI=1S/C20H26N2OS/c23-19(21-14-16-9-5-2-1-3-6-10-16)13-18-15-24-20(22-18)17-11-7-4-8-12-17/h4,7-8,11-12,15-16H,1-3,5-6,9-10,13-14H2,(H,21,23). The molecule has 1 aromatic carbocycles. The van der Waals surface area contributed by atoms with E-state index < -0.39 is 0 Å². The monoisotopic (exact) mass is 342 g/mol. The molecule has 0 spiro atoms. The number of carbonyl (C=O) groups excluding carboxylic acids is 1. The number of rotatable bonds is 5. The Morgan fingerprint density at radius 2 is 1.79 bits per heavy atom. The minimum absolute atomic E-state index is 0.0990. The minimum atomic E-state index is 0.0990. The number of hydrogen-bond donors (Lipinski definition) is 1. The molecule has 0 atom stereocenters. The van der Waals surface area contributed by atoms with E-state index >= 15 is 0 Å². The van der Waals surface area contributed by atoms with E-state index in [1.807, 2.05) is 23.6 Å². The normalized spacial score (nSPS) is 16.3. The molecule has 0 aliphatic heterocycles. The number of thiazole rings is 1. The summed E-state index contributed by atoms with van der Waals surface area (Å²) >= 11 is 1.60. The molecule has 2 aromatic rings. The summed E-state index contributed by atoms with van der Waals surface area (Å²) in [5.74, 6) is 0.756. The van der Waals surface area contributed by atoms with E-state index in [0.29, 0.717) is 12.3 Å². The van der Waals surface area contributed by atoms with Gasteiger partial charge in [0.05, 0.1) is 12.1 Å². The van der Waals surface area contributed by atoms with E-state index in [0.717, 1.165) is 22.8 Å². The fraction of sp³-hybridized carbons (Fsp3) is 0.500. The second-order valence-electron chi connectivity index (χ2n) is 6.70. The zero-order chi connectivity index (χ0) is 16.6. The van der Waals surface area contributed by atoms with Gasteiger partial charge >= 0.3 is 0 Å². The molecule has 0 radical (unpaired) electrons. The summed E-state index contributed by atoms with van der Waals surface area (Å²) in [6.07, 6.45) is 9.62. The van der Waals surface area contributed by atoms with Crippen LogP contribution in [0.5, 0.6) is 0 Å². The lowest BCUT2D eigenvalue weighted by Gasteiger charge is -2.19. The second kappa shape index (κ2) is 8.97. The van der Waals surface area contributed by atoms with Crippen LogP contribution in [0.2, 0.25) is 0 Å². The van der Waals surface area contributed by atoms with Crippen LogP contribution in [-0.4, -0.2) is 17.4 Å². The maximum Gasteiger partial charge on any atom is 0.226 e. The maximum absolute atomic E-state index is 12.2. The van der Waals surface area contributed by atoms with Gasteiger partial charge in [-0.3, -0.25) is 4.79 Å². The number of aromatic nitrogens is 1. The second-order valence-corrected chi connectivity index (χ2v) is 7.56. The highest BCUT2D eigenvalue weighted by atomic mass is 32.1. The molecule has 1 heterocycles. The van der Waals surface area contributed by atoms with Crippen LogP contribution in [0.1, 0.15) is 50.6 Å². The van der Waals surface area contributed by atoms with Crippen LogP contribution in [0.3, 0.4) is 0 Å². The average Bonchev–Trinajstić information content (AvgIpc) is 3.03. The van der Waals surface area contributed by atoms with E-state index in [1.54, 1.807) is 11.3 Å². The van der Waals surface area contributed by atoms with Crippen molar-refractivity contribution >= 4 is 17.2 Å². The fourth-order valence-electron chi connectivity index (χ4n) is 3.33. The van der Waals surface area contributed by atoms with Crippen LogP contribution >= 0.6 is 11.3 Å². The van der Waals surface area contributed by atoms with Gasteiger partial charge in [-0.05, 0) is 18.8 Å². The van der Waals surface area contributed by atoms with Crippen molar-refractivity contribution < 1.29 is 4.79 Å². The first-order valence-electron chi connectivity index (χ1n) is 9.08. The molecule has 1 aliphatic carbocycles. The van der Waals surface area contributed by atoms with Crippen molar-refractivity contribution in [2.75, 3.05) is 6.54 Å². The summed E-state index contributed by atoms with van der Waals surface area (Å²) in [6, 6.07) is 10.1. The van der Waals surface area contributed by atoms with Crippen LogP contribution < -0.4 is 5.32 Å². The van der Waals surface area contributed by atoms with Crippen LogP contribution in [0.15, 0.2) is 35.7 Å². The van der Waals surface area contributed by atoms with Crippen LogP contribution in [0.25, 0.3) is 10.6 Å². The number of amides is 1. The average molecular weight is 343 g/mol. The predicted molar refractivity (Wildman–Crippen MR) is 100 cm³/mol. The molecule has 24 heavy (non-hydrogen) atoms. The van der Waals surface area contributed by atoms with Crippen molar-refractivity contribution in [3.8, 4) is 10.6 Å². The SMILES string of the molecule is O=C(Cc1csc(-c2ccccc2)n1)NCC1CCCCCCC1. The smallest absolute Gasteiger partial charge is 0.226 e. The van der Waals surface area contributed by atoms with Gasteiger partial charge in [0, 0.05) is 17.5 Å². The third-order valence-electron chi connectivity index (χ3n) is 4.73. The van der Waals surface area contributed by atoms with E-state index in [4.69, 9.17) is 0 Å². The summed E-state index contributed by atoms with van der Waals surface area (Å²) in [7, 11) is 0. The van der Waals surface area contributed by atoms with Gasteiger partial charge in [0.2, 0.25) is 5.91 Å². The summed E-state index contributed by atoms with van der Waals surface area (Å²) in [4.78, 5) is 16.8. The Bertz CT molecular complexity index is 630. The van der Waals surface area contributed by atoms with Gasteiger partial charge in [0.25, 0.3) is 0 Å². The summed E-state index contributed by atoms with van der Waals surface area (Å²) < 4.78 is 0. The van der Waals surface area contributed by atoms with E-state index in [-0.39, 0.29) is 5.91 Å². The third kappa shape index (κ3) is 5.17. The Kier molecular flexibility index (Phi) is 6.41. The van der Waals surface area contributed by atoms with Crippen LogP contribution in [0, 0.1) is 5.92 Å². The Balaban J connectivity index is 1.47. The first-order chi connectivity index (χ1) is 11.8. The zero-order valence-corrected chi connectivity index (χ0v) is 15.0. The molecule has 3 rings (SSSR count). The molecule has 0 unspecified atom stereocenters. The van der Waals surface area contributed by atoms with Crippen molar-refractivity contribution in [1.29, 1.82) is 0 Å². The van der Waals surface area contributed by atoms with Crippen molar-refractivity contribution in [2.45, 2.75) is 51.4 Å². The molecule has 0 saturated heterocycles. The molecule has 1 aliphatic rings. The van der Waals surface area contributed by atoms with Gasteiger partial charge in [0.15, 0.2) is 0 Å². The molecule has 1 amide bonds. The molecule has 1 N–H and O–H groups in total. The van der Waals surface area contributed by atoms with Crippen molar-refractivity contribution in [1.82, 2.24) is 10.3 Å². The number of hydrogen-bond acceptors (Lipinski definition) is 3. The quantitative estimate of drug-likeness (QED) is 0.845. The summed E-state index contributed by atoms with van der Waals surface area (Å²) in [5, 5.41) is 6.11. The number of nitrogens with zero attached hydrogens (tertiary/aromatic N) is 1. The molecular formula is C20H26N2OS. The predicted octanol–water partition coefficient (Wildman–Crippen LogP) is 4.83. The highest BCUT2D eigenvalue weighted by Gasteiger charge is 2.14. The van der Waals surface area contributed by atoms with Crippen molar-refractivity contribution in [3.63, 3.8) is 0 Å². The Labute approximate surface area is 148 Å². The van der Waals surface area contributed by atoms with E-state index in [2.05, 4.69) is 22.4 Å². The minimum Gasteiger partial charge on any atom is -0.355 e. The molecule has 0 bridgehead atoms. The Morgan fingerprint density at radius 1 is 1.08 bits per heavy atom. The molecule has 128 valence electrons. The highest BCUT2D eigenvalue weighted by Crippen LogP contribution is 2.24. The van der Waals surface area contributed by atoms with Gasteiger partial charge in [-0.15, -0.1) is 11.3 Å².